The first-order valence-corrected chi connectivity index (χ1v) is 10.8. The third-order valence-electron chi connectivity index (χ3n) is 6.66. The van der Waals surface area contributed by atoms with Crippen molar-refractivity contribution in [2.45, 2.75) is 32.2 Å². The van der Waals surface area contributed by atoms with Gasteiger partial charge in [-0.05, 0) is 43.9 Å². The Kier molecular flexibility index (Phi) is 4.99. The first kappa shape index (κ1) is 19.4. The molecule has 0 saturated carbocycles. The number of carbonyl (C=O) groups excluding carboxylic acids is 1. The van der Waals surface area contributed by atoms with Crippen molar-refractivity contribution in [3.63, 3.8) is 0 Å². The number of fused-ring (bicyclic) bond motifs is 1. The molecule has 2 fully saturated rings. The maximum absolute atomic E-state index is 13.5. The molecule has 4 heterocycles. The molecule has 7 nitrogen and oxygen atoms in total. The number of para-hydroxylation sites is 2. The van der Waals surface area contributed by atoms with Crippen LogP contribution in [-0.4, -0.2) is 45.4 Å². The topological polar surface area (TPSA) is 86.0 Å². The molecule has 0 N–H and O–H groups in total. The molecule has 156 valence electrons. The van der Waals surface area contributed by atoms with Crippen molar-refractivity contribution in [1.82, 2.24) is 19.9 Å². The largest absolute Gasteiger partial charge is 0.355 e. The second-order valence-corrected chi connectivity index (χ2v) is 8.44. The Hall–Kier alpha value is -3.53. The fraction of sp³-hybridized carbons (Fsp3) is 0.375. The summed E-state index contributed by atoms with van der Waals surface area (Å²) in [6, 6.07) is 13.7. The fourth-order valence-corrected chi connectivity index (χ4v) is 4.90. The minimum atomic E-state index is -0.311. The molecule has 3 aromatic rings. The predicted molar refractivity (Wildman–Crippen MR) is 117 cm³/mol. The third kappa shape index (κ3) is 3.59. The van der Waals surface area contributed by atoms with Crippen LogP contribution >= 0.6 is 0 Å². The van der Waals surface area contributed by atoms with E-state index in [1.807, 2.05) is 47.5 Å². The maximum Gasteiger partial charge on any atom is 0.229 e. The van der Waals surface area contributed by atoms with E-state index in [2.05, 4.69) is 20.9 Å². The van der Waals surface area contributed by atoms with E-state index in [9.17, 15) is 10.1 Å². The summed E-state index contributed by atoms with van der Waals surface area (Å²) in [4.78, 5) is 31.1. The molecule has 0 atom stereocenters. The quantitative estimate of drug-likeness (QED) is 0.656. The van der Waals surface area contributed by atoms with E-state index >= 15 is 0 Å². The molecule has 2 aliphatic heterocycles. The zero-order chi connectivity index (χ0) is 21.3. The highest BCUT2D eigenvalue weighted by Crippen LogP contribution is 2.42. The highest BCUT2D eigenvalue weighted by Gasteiger charge is 2.45. The highest BCUT2D eigenvalue weighted by molar-refractivity contribution is 5.84. The molecule has 1 amide bonds. The second-order valence-electron chi connectivity index (χ2n) is 8.44. The number of piperidine rings is 2. The van der Waals surface area contributed by atoms with E-state index < -0.39 is 0 Å². The number of likely N-dealkylation sites (tertiary alicyclic amines) is 1. The van der Waals surface area contributed by atoms with Crippen LogP contribution in [-0.2, 0) is 11.3 Å². The number of hydrogen-bond donors (Lipinski definition) is 0. The minimum Gasteiger partial charge on any atom is -0.355 e. The van der Waals surface area contributed by atoms with Gasteiger partial charge in [0, 0.05) is 37.9 Å². The van der Waals surface area contributed by atoms with Crippen molar-refractivity contribution in [3.05, 3.63) is 60.0 Å². The van der Waals surface area contributed by atoms with Gasteiger partial charge in [-0.15, -0.1) is 0 Å². The maximum atomic E-state index is 13.5. The molecule has 0 bridgehead atoms. The van der Waals surface area contributed by atoms with Crippen molar-refractivity contribution in [2.24, 2.45) is 5.41 Å². The predicted octanol–water partition coefficient (Wildman–Crippen LogP) is 3.31. The number of benzene rings is 1. The van der Waals surface area contributed by atoms with Crippen molar-refractivity contribution >= 4 is 22.8 Å². The molecule has 31 heavy (non-hydrogen) atoms. The van der Waals surface area contributed by atoms with Gasteiger partial charge in [0.05, 0.1) is 22.6 Å². The standard InChI is InChI=1S/C24H24N6O/c25-15-21-18(5-3-11-26-21)17-30-12-4-8-24(23(30)31)9-13-29(14-10-24)22-16-27-19-6-1-2-7-20(19)28-22/h1-3,5-7,11,16H,4,8-10,12-14,17H2. The average molecular weight is 412 g/mol. The summed E-state index contributed by atoms with van der Waals surface area (Å²) >= 11 is 0. The molecule has 0 unspecified atom stereocenters. The number of nitrogens with zero attached hydrogens (tertiary/aromatic N) is 6. The van der Waals surface area contributed by atoms with Crippen LogP contribution in [0.2, 0.25) is 0 Å². The van der Waals surface area contributed by atoms with Crippen molar-refractivity contribution in [1.29, 1.82) is 5.26 Å². The van der Waals surface area contributed by atoms with Gasteiger partial charge in [0.25, 0.3) is 0 Å². The lowest BCUT2D eigenvalue weighted by Crippen LogP contribution is -2.53. The highest BCUT2D eigenvalue weighted by atomic mass is 16.2. The Morgan fingerprint density at radius 1 is 1.00 bits per heavy atom. The number of rotatable bonds is 3. The summed E-state index contributed by atoms with van der Waals surface area (Å²) in [6.07, 6.45) is 7.00. The fourth-order valence-electron chi connectivity index (χ4n) is 4.90. The molecule has 2 aromatic heterocycles. The van der Waals surface area contributed by atoms with Crippen LogP contribution in [0.1, 0.15) is 36.9 Å². The summed E-state index contributed by atoms with van der Waals surface area (Å²) in [7, 11) is 0. The zero-order valence-corrected chi connectivity index (χ0v) is 17.4. The van der Waals surface area contributed by atoms with Gasteiger partial charge in [-0.2, -0.15) is 5.26 Å². The van der Waals surface area contributed by atoms with Gasteiger partial charge in [0.1, 0.15) is 17.6 Å². The van der Waals surface area contributed by atoms with Crippen LogP contribution in [0.3, 0.4) is 0 Å². The van der Waals surface area contributed by atoms with E-state index in [1.165, 1.54) is 0 Å². The normalized spacial score (nSPS) is 18.4. The lowest BCUT2D eigenvalue weighted by atomic mass is 9.71. The SMILES string of the molecule is N#Cc1ncccc1CN1CCCC2(CCN(c3cnc4ccccc4n3)CC2)C1=O. The Bertz CT molecular complexity index is 1160. The molecular formula is C24H24N6O. The minimum absolute atomic E-state index is 0.218. The first-order valence-electron chi connectivity index (χ1n) is 10.8. The number of nitriles is 1. The van der Waals surface area contributed by atoms with Crippen molar-refractivity contribution < 1.29 is 4.79 Å². The van der Waals surface area contributed by atoms with E-state index in [0.717, 1.165) is 67.7 Å². The number of carbonyl (C=O) groups is 1. The lowest BCUT2D eigenvalue weighted by molar-refractivity contribution is -0.148. The Morgan fingerprint density at radius 3 is 2.61 bits per heavy atom. The van der Waals surface area contributed by atoms with Crippen LogP contribution in [0.4, 0.5) is 5.82 Å². The van der Waals surface area contributed by atoms with Crippen LogP contribution < -0.4 is 4.90 Å². The second kappa shape index (κ2) is 7.95. The molecule has 1 aromatic carbocycles. The van der Waals surface area contributed by atoms with Crippen molar-refractivity contribution in [2.75, 3.05) is 24.5 Å². The summed E-state index contributed by atoms with van der Waals surface area (Å²) in [5, 5.41) is 9.33. The number of anilines is 1. The smallest absolute Gasteiger partial charge is 0.229 e. The van der Waals surface area contributed by atoms with E-state index in [1.54, 1.807) is 6.20 Å². The van der Waals surface area contributed by atoms with Crippen LogP contribution in [0, 0.1) is 16.7 Å². The molecule has 7 heteroatoms. The molecule has 2 aliphatic rings. The van der Waals surface area contributed by atoms with Gasteiger partial charge in [-0.3, -0.25) is 9.78 Å². The van der Waals surface area contributed by atoms with Gasteiger partial charge in [0.15, 0.2) is 0 Å². The monoisotopic (exact) mass is 412 g/mol. The summed E-state index contributed by atoms with van der Waals surface area (Å²) in [6.45, 7) is 2.78. The Balaban J connectivity index is 1.30. The molecule has 1 spiro atoms. The van der Waals surface area contributed by atoms with Gasteiger partial charge < -0.3 is 9.80 Å². The summed E-state index contributed by atoms with van der Waals surface area (Å²) in [5.41, 5.74) is 2.70. The Morgan fingerprint density at radius 2 is 1.81 bits per heavy atom. The zero-order valence-electron chi connectivity index (χ0n) is 17.4. The van der Waals surface area contributed by atoms with E-state index in [-0.39, 0.29) is 11.3 Å². The Labute approximate surface area is 181 Å². The molecular weight excluding hydrogens is 388 g/mol. The number of hydrogen-bond acceptors (Lipinski definition) is 6. The van der Waals surface area contributed by atoms with Crippen LogP contribution in [0.5, 0.6) is 0 Å². The van der Waals surface area contributed by atoms with Crippen LogP contribution in [0.25, 0.3) is 11.0 Å². The van der Waals surface area contributed by atoms with Gasteiger partial charge >= 0.3 is 0 Å². The third-order valence-corrected chi connectivity index (χ3v) is 6.66. The van der Waals surface area contributed by atoms with Gasteiger partial charge in [0.2, 0.25) is 5.91 Å². The van der Waals surface area contributed by atoms with Gasteiger partial charge in [-0.1, -0.05) is 18.2 Å². The molecule has 2 saturated heterocycles. The lowest BCUT2D eigenvalue weighted by Gasteiger charge is -2.46. The number of amides is 1. The average Bonchev–Trinajstić information content (AvgIpc) is 2.83. The van der Waals surface area contributed by atoms with Crippen LogP contribution in [0.15, 0.2) is 48.8 Å². The number of aromatic nitrogens is 3. The van der Waals surface area contributed by atoms with E-state index in [4.69, 9.17) is 4.98 Å². The molecule has 0 aliphatic carbocycles. The molecule has 0 radical (unpaired) electrons. The molecule has 5 rings (SSSR count). The number of pyridine rings is 1. The van der Waals surface area contributed by atoms with Gasteiger partial charge in [-0.25, -0.2) is 9.97 Å². The first-order chi connectivity index (χ1) is 15.2. The summed E-state index contributed by atoms with van der Waals surface area (Å²) < 4.78 is 0. The van der Waals surface area contributed by atoms with E-state index in [0.29, 0.717) is 12.2 Å². The van der Waals surface area contributed by atoms with Crippen molar-refractivity contribution in [3.8, 4) is 6.07 Å². The summed E-state index contributed by atoms with van der Waals surface area (Å²) in [5.74, 6) is 1.10.